The van der Waals surface area contributed by atoms with E-state index in [0.717, 1.165) is 29.5 Å². The van der Waals surface area contributed by atoms with Gasteiger partial charge in [-0.1, -0.05) is 70.2 Å². The lowest BCUT2D eigenvalue weighted by atomic mass is 9.68. The highest BCUT2D eigenvalue weighted by Crippen LogP contribution is 2.68. The molecule has 0 aliphatic heterocycles. The van der Waals surface area contributed by atoms with Crippen molar-refractivity contribution in [3.8, 4) is 22.5 Å². The summed E-state index contributed by atoms with van der Waals surface area (Å²) in [5, 5.41) is 29.6. The SMILES string of the molecule is CC1(C)[C@@H]2CC[C@@]1(C(=O)O)c1nnc(-c3c(F)cccc3F)cc12.CC1(C)[C@@H]2CC[C@@]1(NC(=O)OCc1ccccc1)c1nnc(-c3c(F)cccc3F)cc12. The van der Waals surface area contributed by atoms with Crippen molar-refractivity contribution in [2.75, 3.05) is 0 Å². The first kappa shape index (κ1) is 37.2. The standard InChI is InChI=1S/C25H23F2N3O2.C18H16F2N2O2/c1-24(2)17-11-12-25(24,28-23(31)32-14-15-7-4-3-5-8-15)22-16(17)13-20(29-30-22)21-18(26)9-6-10-19(21)27;1-17(2)10-6-7-18(17,16(23)24)15-9(10)8-13(21-22-15)14-11(19)4-3-5-12(14)20/h3-10,13,17H,11-12,14H2,1-2H3,(H,28,31);3-5,8,10H,6-7H2,1-2H3,(H,23,24)/t17-,25-;10-,18+/m11/s1. The molecule has 2 N–H and O–H groups in total. The molecule has 1 amide bonds. The summed E-state index contributed by atoms with van der Waals surface area (Å²) in [6.07, 6.45) is 2.22. The van der Waals surface area contributed by atoms with E-state index >= 15 is 0 Å². The molecule has 288 valence electrons. The number of aromatic nitrogens is 4. The van der Waals surface area contributed by atoms with Crippen molar-refractivity contribution in [1.82, 2.24) is 25.7 Å². The van der Waals surface area contributed by atoms with Gasteiger partial charge in [-0.2, -0.15) is 10.2 Å². The van der Waals surface area contributed by atoms with Gasteiger partial charge in [-0.3, -0.25) is 4.79 Å². The van der Waals surface area contributed by atoms with Crippen molar-refractivity contribution < 1.29 is 37.0 Å². The molecule has 4 atom stereocenters. The number of nitrogens with zero attached hydrogens (tertiary/aromatic N) is 4. The minimum Gasteiger partial charge on any atom is -0.481 e. The number of carboxylic acid groups (broad SMARTS) is 1. The maximum absolute atomic E-state index is 14.3. The van der Waals surface area contributed by atoms with E-state index in [4.69, 9.17) is 4.74 Å². The minimum atomic E-state index is -1.08. The maximum Gasteiger partial charge on any atom is 0.408 e. The normalized spacial score (nSPS) is 24.1. The number of ether oxygens (including phenoxy) is 1. The van der Waals surface area contributed by atoms with E-state index in [1.807, 2.05) is 44.2 Å². The molecule has 56 heavy (non-hydrogen) atoms. The summed E-state index contributed by atoms with van der Waals surface area (Å²) in [6.45, 7) is 8.16. The van der Waals surface area contributed by atoms with Crippen LogP contribution < -0.4 is 5.32 Å². The van der Waals surface area contributed by atoms with Crippen LogP contribution in [0.5, 0.6) is 0 Å². The summed E-state index contributed by atoms with van der Waals surface area (Å²) in [5.41, 5.74) is 0.762. The lowest BCUT2D eigenvalue weighted by molar-refractivity contribution is -0.147. The molecule has 4 aliphatic rings. The fraction of sp³-hybridized carbons (Fsp3) is 0.349. The van der Waals surface area contributed by atoms with Gasteiger partial charge in [-0.05, 0) is 96.0 Å². The van der Waals surface area contributed by atoms with Gasteiger partial charge in [-0.15, -0.1) is 10.2 Å². The van der Waals surface area contributed by atoms with E-state index in [0.29, 0.717) is 24.2 Å². The molecule has 2 heterocycles. The number of carboxylic acids is 1. The highest BCUT2D eigenvalue weighted by molar-refractivity contribution is 5.86. The molecule has 13 heteroatoms. The Balaban J connectivity index is 0.000000164. The lowest BCUT2D eigenvalue weighted by Gasteiger charge is -2.38. The highest BCUT2D eigenvalue weighted by Gasteiger charge is 2.68. The van der Waals surface area contributed by atoms with Gasteiger partial charge in [0.1, 0.15) is 35.3 Å². The number of hydrogen-bond acceptors (Lipinski definition) is 7. The number of fused-ring (bicyclic) bond motifs is 10. The van der Waals surface area contributed by atoms with Crippen LogP contribution in [-0.2, 0) is 27.1 Å². The molecule has 2 aromatic heterocycles. The van der Waals surface area contributed by atoms with Gasteiger partial charge in [0.15, 0.2) is 0 Å². The molecule has 4 aliphatic carbocycles. The molecule has 4 bridgehead atoms. The lowest BCUT2D eigenvalue weighted by Crippen LogP contribution is -2.51. The van der Waals surface area contributed by atoms with Gasteiger partial charge in [0.2, 0.25) is 0 Å². The molecule has 2 saturated carbocycles. The maximum atomic E-state index is 14.3. The molecule has 9 rings (SSSR count). The van der Waals surface area contributed by atoms with E-state index in [1.54, 1.807) is 12.1 Å². The Bertz CT molecular complexity index is 2370. The quantitative estimate of drug-likeness (QED) is 0.164. The Labute approximate surface area is 320 Å². The number of alkyl carbamates (subject to hydrolysis) is 1. The monoisotopic (exact) mass is 765 g/mol. The summed E-state index contributed by atoms with van der Waals surface area (Å²) < 4.78 is 62.2. The first-order valence-corrected chi connectivity index (χ1v) is 18.5. The second-order valence-electron chi connectivity index (χ2n) is 16.2. The fourth-order valence-electron chi connectivity index (χ4n) is 10.1. The zero-order valence-electron chi connectivity index (χ0n) is 31.2. The largest absolute Gasteiger partial charge is 0.481 e. The second-order valence-corrected chi connectivity index (χ2v) is 16.2. The Hall–Kier alpha value is -5.72. The van der Waals surface area contributed by atoms with E-state index in [1.165, 1.54) is 36.4 Å². The van der Waals surface area contributed by atoms with Crippen molar-refractivity contribution in [2.45, 2.75) is 82.8 Å². The second kappa shape index (κ2) is 13.2. The molecule has 0 radical (unpaired) electrons. The number of amides is 1. The van der Waals surface area contributed by atoms with Crippen LogP contribution in [0.1, 0.15) is 93.3 Å². The third kappa shape index (κ3) is 5.33. The Morgan fingerprint density at radius 2 is 1.20 bits per heavy atom. The van der Waals surface area contributed by atoms with Crippen LogP contribution in [0.15, 0.2) is 78.9 Å². The van der Waals surface area contributed by atoms with Crippen LogP contribution in [0.4, 0.5) is 22.4 Å². The smallest absolute Gasteiger partial charge is 0.408 e. The van der Waals surface area contributed by atoms with E-state index in [-0.39, 0.29) is 46.4 Å². The number of nitrogens with one attached hydrogen (secondary N) is 1. The topological polar surface area (TPSA) is 127 Å². The number of benzene rings is 3. The zero-order valence-corrected chi connectivity index (χ0v) is 31.2. The highest BCUT2D eigenvalue weighted by atomic mass is 19.1. The van der Waals surface area contributed by atoms with Gasteiger partial charge in [-0.25, -0.2) is 22.4 Å². The molecule has 0 unspecified atom stereocenters. The minimum absolute atomic E-state index is 0.00677. The van der Waals surface area contributed by atoms with Gasteiger partial charge >= 0.3 is 12.1 Å². The molecular weight excluding hydrogens is 726 g/mol. The van der Waals surface area contributed by atoms with Crippen molar-refractivity contribution in [3.63, 3.8) is 0 Å². The van der Waals surface area contributed by atoms with Crippen LogP contribution in [0.25, 0.3) is 22.5 Å². The van der Waals surface area contributed by atoms with Crippen molar-refractivity contribution >= 4 is 12.1 Å². The van der Waals surface area contributed by atoms with Gasteiger partial charge < -0.3 is 15.2 Å². The van der Waals surface area contributed by atoms with E-state index in [2.05, 4.69) is 39.6 Å². The average Bonchev–Trinajstić information content (AvgIpc) is 3.72. The van der Waals surface area contributed by atoms with Crippen LogP contribution in [0.3, 0.4) is 0 Å². The van der Waals surface area contributed by atoms with Crippen molar-refractivity contribution in [2.24, 2.45) is 10.8 Å². The number of rotatable bonds is 6. The number of halogens is 4. The van der Waals surface area contributed by atoms with Gasteiger partial charge in [0.25, 0.3) is 0 Å². The van der Waals surface area contributed by atoms with Crippen LogP contribution in [0, 0.1) is 34.1 Å². The Morgan fingerprint density at radius 3 is 1.75 bits per heavy atom. The van der Waals surface area contributed by atoms with E-state index < -0.39 is 51.7 Å². The third-order valence-electron chi connectivity index (χ3n) is 13.1. The summed E-state index contributed by atoms with van der Waals surface area (Å²) >= 11 is 0. The average molecular weight is 766 g/mol. The first-order chi connectivity index (χ1) is 26.6. The van der Waals surface area contributed by atoms with Gasteiger partial charge in [0.05, 0.1) is 39.4 Å². The summed E-state index contributed by atoms with van der Waals surface area (Å²) in [4.78, 5) is 24.8. The van der Waals surface area contributed by atoms with Crippen molar-refractivity contribution in [3.05, 3.63) is 130 Å². The summed E-state index contributed by atoms with van der Waals surface area (Å²) in [5.74, 6) is -3.62. The van der Waals surface area contributed by atoms with Crippen LogP contribution in [0.2, 0.25) is 0 Å². The number of hydrogen-bond donors (Lipinski definition) is 2. The van der Waals surface area contributed by atoms with Gasteiger partial charge in [0, 0.05) is 5.41 Å². The molecule has 2 fully saturated rings. The van der Waals surface area contributed by atoms with Crippen LogP contribution >= 0.6 is 0 Å². The fourth-order valence-corrected chi connectivity index (χ4v) is 10.1. The summed E-state index contributed by atoms with van der Waals surface area (Å²) in [6, 6.07) is 20.1. The molecule has 3 aromatic carbocycles. The number of carbonyl (C=O) groups is 2. The molecule has 5 aromatic rings. The number of aliphatic carboxylic acids is 1. The van der Waals surface area contributed by atoms with Crippen LogP contribution in [-0.4, -0.2) is 37.6 Å². The predicted molar refractivity (Wildman–Crippen MR) is 197 cm³/mol. The zero-order chi connectivity index (χ0) is 39.8. The van der Waals surface area contributed by atoms with Crippen molar-refractivity contribution in [1.29, 1.82) is 0 Å². The summed E-state index contributed by atoms with van der Waals surface area (Å²) in [7, 11) is 0. The predicted octanol–water partition coefficient (Wildman–Crippen LogP) is 9.12. The molecular formula is C43H39F4N5O4. The molecule has 0 spiro atoms. The Morgan fingerprint density at radius 1 is 0.696 bits per heavy atom. The first-order valence-electron chi connectivity index (χ1n) is 18.5. The molecule has 0 saturated heterocycles. The Kier molecular flexibility index (Phi) is 8.77. The molecule has 9 nitrogen and oxygen atoms in total. The number of carbonyl (C=O) groups excluding carboxylic acids is 1. The van der Waals surface area contributed by atoms with E-state index in [9.17, 15) is 32.3 Å². The third-order valence-corrected chi connectivity index (χ3v) is 13.1.